The number of aromatic nitrogens is 1. The van der Waals surface area contributed by atoms with Crippen molar-refractivity contribution in [3.05, 3.63) is 30.1 Å². The fourth-order valence-electron chi connectivity index (χ4n) is 0.984. The van der Waals surface area contributed by atoms with Gasteiger partial charge < -0.3 is 5.11 Å². The number of hydrogen-bond acceptors (Lipinski definition) is 2. The maximum absolute atomic E-state index is 13.2. The Bertz CT molecular complexity index is 236. The number of hydrogen-bond donors (Lipinski definition) is 1. The van der Waals surface area contributed by atoms with Crippen LogP contribution in [-0.4, -0.2) is 22.4 Å². The van der Waals surface area contributed by atoms with Gasteiger partial charge in [0, 0.05) is 18.8 Å². The highest BCUT2D eigenvalue weighted by molar-refractivity contribution is 5.11. The third-order valence-corrected chi connectivity index (χ3v) is 1.63. The molecule has 1 aromatic rings. The maximum Gasteiger partial charge on any atom is 0.135 e. The lowest BCUT2D eigenvalue weighted by Crippen LogP contribution is -2.26. The van der Waals surface area contributed by atoms with Gasteiger partial charge in [-0.25, -0.2) is 4.39 Å². The summed E-state index contributed by atoms with van der Waals surface area (Å²) in [4.78, 5) is 3.85. The van der Waals surface area contributed by atoms with E-state index in [2.05, 4.69) is 4.98 Å². The minimum atomic E-state index is -1.54. The van der Waals surface area contributed by atoms with Gasteiger partial charge in [0.2, 0.25) is 0 Å². The zero-order valence-corrected chi connectivity index (χ0v) is 7.00. The summed E-state index contributed by atoms with van der Waals surface area (Å²) in [6.45, 7) is 0.919. The quantitative estimate of drug-likeness (QED) is 0.740. The molecule has 0 aromatic carbocycles. The largest absolute Gasteiger partial charge is 0.393 e. The molecule has 66 valence electrons. The minimum absolute atomic E-state index is 0.206. The molecule has 1 aromatic heterocycles. The van der Waals surface area contributed by atoms with Crippen LogP contribution in [0.4, 0.5) is 4.39 Å². The van der Waals surface area contributed by atoms with Crippen molar-refractivity contribution in [2.45, 2.75) is 19.0 Å². The number of aliphatic hydroxyl groups excluding tert-OH is 1. The number of pyridine rings is 1. The summed E-state index contributed by atoms with van der Waals surface area (Å²) in [5, 5.41) is 8.66. The Morgan fingerprint density at radius 3 is 2.92 bits per heavy atom. The lowest BCUT2D eigenvalue weighted by molar-refractivity contribution is 0.0883. The topological polar surface area (TPSA) is 33.1 Å². The van der Waals surface area contributed by atoms with Gasteiger partial charge in [-0.3, -0.25) is 4.98 Å². The molecule has 0 saturated heterocycles. The lowest BCUT2D eigenvalue weighted by Gasteiger charge is -2.16. The predicted molar refractivity (Wildman–Crippen MR) is 44.5 cm³/mol. The highest BCUT2D eigenvalue weighted by atomic mass is 19.1. The monoisotopic (exact) mass is 169 g/mol. The molecule has 1 N–H and O–H groups in total. The van der Waals surface area contributed by atoms with E-state index in [-0.39, 0.29) is 6.42 Å². The molecule has 0 bridgehead atoms. The van der Waals surface area contributed by atoms with E-state index < -0.39 is 12.3 Å². The Kier molecular flexibility index (Phi) is 2.76. The average molecular weight is 169 g/mol. The second-order valence-corrected chi connectivity index (χ2v) is 3.11. The van der Waals surface area contributed by atoms with Crippen LogP contribution in [0.15, 0.2) is 24.5 Å². The van der Waals surface area contributed by atoms with E-state index in [9.17, 15) is 4.39 Å². The van der Waals surface area contributed by atoms with E-state index in [1.54, 1.807) is 24.5 Å². The second kappa shape index (κ2) is 3.63. The van der Waals surface area contributed by atoms with E-state index in [4.69, 9.17) is 5.11 Å². The average Bonchev–Trinajstić information content (AvgIpc) is 2.06. The molecule has 0 fully saturated rings. The first-order chi connectivity index (χ1) is 5.64. The van der Waals surface area contributed by atoms with Crippen molar-refractivity contribution in [2.24, 2.45) is 0 Å². The summed E-state index contributed by atoms with van der Waals surface area (Å²) < 4.78 is 13.2. The van der Waals surface area contributed by atoms with Crippen molar-refractivity contribution in [2.75, 3.05) is 6.61 Å². The molecule has 3 heteroatoms. The van der Waals surface area contributed by atoms with E-state index in [1.807, 2.05) is 0 Å². The molecule has 0 aliphatic heterocycles. The van der Waals surface area contributed by atoms with Crippen molar-refractivity contribution in [3.8, 4) is 0 Å². The second-order valence-electron chi connectivity index (χ2n) is 3.11. The molecular formula is C9H12FNO. The molecule has 0 radical (unpaired) electrons. The van der Waals surface area contributed by atoms with Gasteiger partial charge in [-0.05, 0) is 18.6 Å². The number of rotatable bonds is 3. The SMILES string of the molecule is CC(F)(CO)Cc1cccnc1. The Balaban J connectivity index is 2.64. The Labute approximate surface area is 71.1 Å². The molecule has 12 heavy (non-hydrogen) atoms. The summed E-state index contributed by atoms with van der Waals surface area (Å²) in [7, 11) is 0. The molecule has 1 atom stereocenters. The number of aliphatic hydroxyl groups is 1. The highest BCUT2D eigenvalue weighted by Gasteiger charge is 2.22. The van der Waals surface area contributed by atoms with Gasteiger partial charge in [-0.15, -0.1) is 0 Å². The van der Waals surface area contributed by atoms with Gasteiger partial charge in [0.05, 0.1) is 6.61 Å². The van der Waals surface area contributed by atoms with Gasteiger partial charge in [-0.1, -0.05) is 6.07 Å². The maximum atomic E-state index is 13.2. The third-order valence-electron chi connectivity index (χ3n) is 1.63. The molecule has 1 unspecified atom stereocenters. The summed E-state index contributed by atoms with van der Waals surface area (Å²) in [6.07, 6.45) is 3.45. The Morgan fingerprint density at radius 1 is 1.67 bits per heavy atom. The molecule has 0 amide bonds. The molecule has 1 heterocycles. The zero-order chi connectivity index (χ0) is 9.03. The molecular weight excluding hydrogens is 157 g/mol. The summed E-state index contributed by atoms with van der Waals surface area (Å²) in [5.41, 5.74) is -0.736. The van der Waals surface area contributed by atoms with E-state index in [0.717, 1.165) is 5.56 Å². The predicted octanol–water partition coefficient (Wildman–Crippen LogP) is 1.34. The van der Waals surface area contributed by atoms with E-state index >= 15 is 0 Å². The molecule has 0 saturated carbocycles. The number of halogens is 1. The Morgan fingerprint density at radius 2 is 2.42 bits per heavy atom. The van der Waals surface area contributed by atoms with Crippen LogP contribution in [0.25, 0.3) is 0 Å². The van der Waals surface area contributed by atoms with Crippen LogP contribution in [0.3, 0.4) is 0 Å². The summed E-state index contributed by atoms with van der Waals surface area (Å²) >= 11 is 0. The fraction of sp³-hybridized carbons (Fsp3) is 0.444. The first-order valence-electron chi connectivity index (χ1n) is 3.83. The van der Waals surface area contributed by atoms with Crippen molar-refractivity contribution in [1.29, 1.82) is 0 Å². The fourth-order valence-corrected chi connectivity index (χ4v) is 0.984. The van der Waals surface area contributed by atoms with E-state index in [1.165, 1.54) is 6.92 Å². The number of nitrogens with zero attached hydrogens (tertiary/aromatic N) is 1. The normalized spacial score (nSPS) is 15.6. The third kappa shape index (κ3) is 2.58. The first kappa shape index (κ1) is 9.13. The van der Waals surface area contributed by atoms with Crippen molar-refractivity contribution in [3.63, 3.8) is 0 Å². The number of alkyl halides is 1. The van der Waals surface area contributed by atoms with Crippen LogP contribution in [0.5, 0.6) is 0 Å². The summed E-state index contributed by atoms with van der Waals surface area (Å²) in [5.74, 6) is 0. The minimum Gasteiger partial charge on any atom is -0.393 e. The van der Waals surface area contributed by atoms with Gasteiger partial charge in [0.15, 0.2) is 0 Å². The molecule has 0 spiro atoms. The molecule has 0 aliphatic carbocycles. The van der Waals surface area contributed by atoms with Crippen LogP contribution in [0, 0.1) is 0 Å². The van der Waals surface area contributed by atoms with Gasteiger partial charge in [-0.2, -0.15) is 0 Å². The van der Waals surface area contributed by atoms with Crippen LogP contribution in [-0.2, 0) is 6.42 Å². The van der Waals surface area contributed by atoms with Crippen LogP contribution in [0.2, 0.25) is 0 Å². The van der Waals surface area contributed by atoms with Gasteiger partial charge in [0.1, 0.15) is 5.67 Å². The summed E-state index contributed by atoms with van der Waals surface area (Å²) in [6, 6.07) is 3.54. The van der Waals surface area contributed by atoms with Crippen LogP contribution >= 0.6 is 0 Å². The molecule has 1 rings (SSSR count). The van der Waals surface area contributed by atoms with E-state index in [0.29, 0.717) is 0 Å². The lowest BCUT2D eigenvalue weighted by atomic mass is 10.0. The first-order valence-corrected chi connectivity index (χ1v) is 3.83. The van der Waals surface area contributed by atoms with Gasteiger partial charge >= 0.3 is 0 Å². The van der Waals surface area contributed by atoms with Crippen molar-refractivity contribution >= 4 is 0 Å². The van der Waals surface area contributed by atoms with Crippen molar-refractivity contribution < 1.29 is 9.50 Å². The zero-order valence-electron chi connectivity index (χ0n) is 7.00. The highest BCUT2D eigenvalue weighted by Crippen LogP contribution is 2.15. The van der Waals surface area contributed by atoms with Crippen LogP contribution < -0.4 is 0 Å². The standard InChI is InChI=1S/C9H12FNO/c1-9(10,7-12)5-8-3-2-4-11-6-8/h2-4,6,12H,5,7H2,1H3. The smallest absolute Gasteiger partial charge is 0.135 e. The molecule has 2 nitrogen and oxygen atoms in total. The van der Waals surface area contributed by atoms with Gasteiger partial charge in [0.25, 0.3) is 0 Å². The molecule has 0 aliphatic rings. The van der Waals surface area contributed by atoms with Crippen LogP contribution in [0.1, 0.15) is 12.5 Å². The van der Waals surface area contributed by atoms with Crippen molar-refractivity contribution in [1.82, 2.24) is 4.98 Å². The Hall–Kier alpha value is -0.960.